The molecule has 0 saturated carbocycles. The van der Waals surface area contributed by atoms with Crippen LogP contribution in [0.1, 0.15) is 16.0 Å². The number of hydrogen-bond acceptors (Lipinski definition) is 3. The summed E-state index contributed by atoms with van der Waals surface area (Å²) in [6.45, 7) is 4.61. The second-order valence-corrected chi connectivity index (χ2v) is 5.86. The van der Waals surface area contributed by atoms with E-state index in [4.69, 9.17) is 10.5 Å². The van der Waals surface area contributed by atoms with Crippen molar-refractivity contribution in [1.29, 1.82) is 0 Å². The van der Waals surface area contributed by atoms with Crippen LogP contribution in [0.5, 0.6) is 5.75 Å². The zero-order chi connectivity index (χ0) is 12.4. The molecule has 1 aromatic heterocycles. The van der Waals surface area contributed by atoms with E-state index < -0.39 is 0 Å². The lowest BCUT2D eigenvalue weighted by Crippen LogP contribution is -2.00. The van der Waals surface area contributed by atoms with Crippen LogP contribution in [-0.4, -0.2) is 0 Å². The molecule has 0 unspecified atom stereocenters. The number of halogens is 1. The first-order valence-electron chi connectivity index (χ1n) is 5.29. The second-order valence-electron chi connectivity index (χ2n) is 3.95. The Morgan fingerprint density at radius 3 is 2.76 bits per heavy atom. The van der Waals surface area contributed by atoms with Crippen molar-refractivity contribution in [3.05, 3.63) is 44.1 Å². The van der Waals surface area contributed by atoms with E-state index in [9.17, 15) is 0 Å². The molecule has 0 amide bonds. The number of aryl methyl sites for hydroxylation is 1. The molecule has 90 valence electrons. The maximum atomic E-state index is 5.88. The average Bonchev–Trinajstić information content (AvgIpc) is 2.70. The topological polar surface area (TPSA) is 35.2 Å². The normalized spacial score (nSPS) is 10.5. The Hall–Kier alpha value is -1.000. The molecule has 1 heterocycles. The van der Waals surface area contributed by atoms with Crippen molar-refractivity contribution in [3.63, 3.8) is 0 Å². The summed E-state index contributed by atoms with van der Waals surface area (Å²) in [6, 6.07) is 5.98. The molecule has 0 radical (unpaired) electrons. The van der Waals surface area contributed by atoms with Crippen molar-refractivity contribution in [2.45, 2.75) is 20.5 Å². The first-order chi connectivity index (χ1) is 8.08. The van der Waals surface area contributed by atoms with Crippen LogP contribution in [0.2, 0.25) is 0 Å². The summed E-state index contributed by atoms with van der Waals surface area (Å²) < 4.78 is 6.96. The fourth-order valence-corrected chi connectivity index (χ4v) is 3.00. The number of thiophene rings is 1. The lowest BCUT2D eigenvalue weighted by Gasteiger charge is -2.12. The molecule has 2 nitrogen and oxygen atoms in total. The number of benzene rings is 1. The van der Waals surface area contributed by atoms with Gasteiger partial charge in [-0.25, -0.2) is 0 Å². The van der Waals surface area contributed by atoms with Crippen LogP contribution >= 0.6 is 27.3 Å². The predicted octanol–water partition coefficient (Wildman–Crippen LogP) is 4.29. The maximum absolute atomic E-state index is 5.88. The van der Waals surface area contributed by atoms with Gasteiger partial charge in [0.05, 0.1) is 0 Å². The summed E-state index contributed by atoms with van der Waals surface area (Å²) in [5, 5.41) is 2.05. The predicted molar refractivity (Wildman–Crippen MR) is 76.7 cm³/mol. The third kappa shape index (κ3) is 2.82. The maximum Gasteiger partial charge on any atom is 0.127 e. The lowest BCUT2D eigenvalue weighted by atomic mass is 10.1. The zero-order valence-electron chi connectivity index (χ0n) is 9.79. The van der Waals surface area contributed by atoms with Crippen molar-refractivity contribution in [2.75, 3.05) is 5.73 Å². The van der Waals surface area contributed by atoms with Gasteiger partial charge in [0.25, 0.3) is 0 Å². The van der Waals surface area contributed by atoms with Gasteiger partial charge in [-0.15, -0.1) is 11.3 Å². The van der Waals surface area contributed by atoms with Crippen LogP contribution in [0.3, 0.4) is 0 Å². The highest BCUT2D eigenvalue weighted by molar-refractivity contribution is 9.10. The highest BCUT2D eigenvalue weighted by Crippen LogP contribution is 2.29. The molecule has 0 aliphatic rings. The van der Waals surface area contributed by atoms with E-state index in [2.05, 4.69) is 27.4 Å². The summed E-state index contributed by atoms with van der Waals surface area (Å²) in [7, 11) is 0. The molecule has 0 bridgehead atoms. The fourth-order valence-electron chi connectivity index (χ4n) is 1.64. The number of nitrogen functional groups attached to an aromatic ring is 1. The molecule has 4 heteroatoms. The Labute approximate surface area is 114 Å². The van der Waals surface area contributed by atoms with E-state index >= 15 is 0 Å². The van der Waals surface area contributed by atoms with Gasteiger partial charge in [-0.2, -0.15) is 0 Å². The van der Waals surface area contributed by atoms with Crippen LogP contribution in [-0.2, 0) is 6.61 Å². The van der Waals surface area contributed by atoms with Crippen molar-refractivity contribution in [2.24, 2.45) is 0 Å². The molecule has 17 heavy (non-hydrogen) atoms. The second kappa shape index (κ2) is 5.10. The van der Waals surface area contributed by atoms with Crippen molar-refractivity contribution in [1.82, 2.24) is 0 Å². The van der Waals surface area contributed by atoms with Gasteiger partial charge in [-0.1, -0.05) is 6.07 Å². The molecule has 0 spiro atoms. The SMILES string of the molecule is Cc1ccc(N)c(C)c1OCc1cc(Br)cs1. The minimum Gasteiger partial charge on any atom is -0.487 e. The number of rotatable bonds is 3. The standard InChI is InChI=1S/C13H14BrNOS/c1-8-3-4-12(15)9(2)13(8)16-6-11-5-10(14)7-17-11/h3-5,7H,6,15H2,1-2H3. The van der Waals surface area contributed by atoms with Crippen LogP contribution in [0, 0.1) is 13.8 Å². The van der Waals surface area contributed by atoms with E-state index in [1.807, 2.05) is 26.0 Å². The van der Waals surface area contributed by atoms with Crippen molar-refractivity contribution < 1.29 is 4.74 Å². The van der Waals surface area contributed by atoms with E-state index in [0.717, 1.165) is 27.0 Å². The first-order valence-corrected chi connectivity index (χ1v) is 6.96. The van der Waals surface area contributed by atoms with Crippen LogP contribution < -0.4 is 10.5 Å². The van der Waals surface area contributed by atoms with E-state index in [-0.39, 0.29) is 0 Å². The average molecular weight is 312 g/mol. The van der Waals surface area contributed by atoms with Crippen LogP contribution in [0.25, 0.3) is 0 Å². The van der Waals surface area contributed by atoms with E-state index in [1.165, 1.54) is 4.88 Å². The molecule has 0 atom stereocenters. The summed E-state index contributed by atoms with van der Waals surface area (Å²) in [5.41, 5.74) is 8.79. The number of ether oxygens (including phenoxy) is 1. The molecule has 2 aromatic rings. The summed E-state index contributed by atoms with van der Waals surface area (Å²) in [5.74, 6) is 0.898. The molecular weight excluding hydrogens is 298 g/mol. The van der Waals surface area contributed by atoms with Gasteiger partial charge >= 0.3 is 0 Å². The Morgan fingerprint density at radius 2 is 2.12 bits per heavy atom. The van der Waals surface area contributed by atoms with Crippen LogP contribution in [0.4, 0.5) is 5.69 Å². The van der Waals surface area contributed by atoms with Gasteiger partial charge in [0, 0.05) is 26.0 Å². The van der Waals surface area contributed by atoms with Gasteiger partial charge in [0.1, 0.15) is 12.4 Å². The van der Waals surface area contributed by atoms with Gasteiger partial charge in [-0.05, 0) is 47.5 Å². The smallest absolute Gasteiger partial charge is 0.127 e. The molecule has 1 aromatic carbocycles. The monoisotopic (exact) mass is 311 g/mol. The van der Waals surface area contributed by atoms with Crippen molar-refractivity contribution in [3.8, 4) is 5.75 Å². The minimum atomic E-state index is 0.585. The van der Waals surface area contributed by atoms with Crippen molar-refractivity contribution >= 4 is 33.0 Å². The summed E-state index contributed by atoms with van der Waals surface area (Å²) in [4.78, 5) is 1.19. The molecule has 0 fully saturated rings. The van der Waals surface area contributed by atoms with Gasteiger partial charge in [-0.3, -0.25) is 0 Å². The fraction of sp³-hybridized carbons (Fsp3) is 0.231. The number of anilines is 1. The highest BCUT2D eigenvalue weighted by atomic mass is 79.9. The molecule has 0 aliphatic heterocycles. The zero-order valence-corrected chi connectivity index (χ0v) is 12.2. The summed E-state index contributed by atoms with van der Waals surface area (Å²) >= 11 is 5.12. The number of hydrogen-bond donors (Lipinski definition) is 1. The van der Waals surface area contributed by atoms with E-state index in [1.54, 1.807) is 11.3 Å². The first kappa shape index (κ1) is 12.5. The van der Waals surface area contributed by atoms with E-state index in [0.29, 0.717) is 6.61 Å². The third-order valence-electron chi connectivity index (χ3n) is 2.63. The van der Waals surface area contributed by atoms with Gasteiger partial charge in [0.15, 0.2) is 0 Å². The third-order valence-corrected chi connectivity index (χ3v) is 4.30. The lowest BCUT2D eigenvalue weighted by molar-refractivity contribution is 0.305. The number of nitrogens with two attached hydrogens (primary N) is 1. The summed E-state index contributed by atoms with van der Waals surface area (Å²) in [6.07, 6.45) is 0. The van der Waals surface area contributed by atoms with Gasteiger partial charge < -0.3 is 10.5 Å². The quantitative estimate of drug-likeness (QED) is 0.858. The molecule has 2 rings (SSSR count). The molecule has 0 saturated heterocycles. The van der Waals surface area contributed by atoms with Gasteiger partial charge in [0.2, 0.25) is 0 Å². The Bertz CT molecular complexity index is 536. The Morgan fingerprint density at radius 1 is 1.35 bits per heavy atom. The van der Waals surface area contributed by atoms with Crippen LogP contribution in [0.15, 0.2) is 28.1 Å². The molecule has 2 N–H and O–H groups in total. The Balaban J connectivity index is 2.16. The minimum absolute atomic E-state index is 0.585. The highest BCUT2D eigenvalue weighted by Gasteiger charge is 2.07. The largest absolute Gasteiger partial charge is 0.487 e. The molecule has 0 aliphatic carbocycles. The molecular formula is C13H14BrNOS. The Kier molecular flexibility index (Phi) is 3.74.